The summed E-state index contributed by atoms with van der Waals surface area (Å²) in [6.07, 6.45) is 7.73. The zero-order chi connectivity index (χ0) is 15.1. The van der Waals surface area contributed by atoms with Gasteiger partial charge in [0, 0.05) is 12.6 Å². The zero-order valence-electron chi connectivity index (χ0n) is 13.2. The van der Waals surface area contributed by atoms with E-state index < -0.39 is 0 Å². The molecule has 0 saturated heterocycles. The molecule has 0 fully saturated rings. The molecule has 2 rings (SSSR count). The first-order valence-corrected chi connectivity index (χ1v) is 7.96. The van der Waals surface area contributed by atoms with Crippen molar-refractivity contribution in [2.24, 2.45) is 0 Å². The van der Waals surface area contributed by atoms with Crippen molar-refractivity contribution in [2.75, 3.05) is 17.2 Å². The number of fused-ring (bicyclic) bond motifs is 1. The summed E-state index contributed by atoms with van der Waals surface area (Å²) in [5, 5.41) is 14.7. The van der Waals surface area contributed by atoms with Gasteiger partial charge in [0.05, 0.1) is 11.6 Å². The van der Waals surface area contributed by atoms with Crippen LogP contribution in [0.3, 0.4) is 0 Å². The van der Waals surface area contributed by atoms with Gasteiger partial charge in [0.15, 0.2) is 5.65 Å². The molecule has 2 aromatic rings. The number of rotatable bonds is 9. The molecule has 0 aliphatic rings. The Bertz CT molecular complexity index is 550. The maximum Gasteiger partial charge on any atom is 0.226 e. The number of unbranched alkanes of at least 4 members (excludes halogenated alkanes) is 2. The lowest BCUT2D eigenvalue weighted by atomic mass is 10.1. The smallest absolute Gasteiger partial charge is 0.226 e. The predicted octanol–water partition coefficient (Wildman–Crippen LogP) is 3.56. The SMILES string of the molecule is CCCCCC(C)Nc1nc(NCCC)nc2[nH]ncc12. The van der Waals surface area contributed by atoms with Gasteiger partial charge in [-0.25, -0.2) is 0 Å². The molecule has 6 nitrogen and oxygen atoms in total. The number of aromatic nitrogens is 4. The number of nitrogens with one attached hydrogen (secondary N) is 3. The second-order valence-corrected chi connectivity index (χ2v) is 5.50. The number of hydrogen-bond acceptors (Lipinski definition) is 5. The van der Waals surface area contributed by atoms with E-state index in [9.17, 15) is 0 Å². The minimum atomic E-state index is 0.392. The van der Waals surface area contributed by atoms with Gasteiger partial charge in [-0.05, 0) is 19.8 Å². The van der Waals surface area contributed by atoms with E-state index in [4.69, 9.17) is 0 Å². The third kappa shape index (κ3) is 4.31. The molecule has 0 saturated carbocycles. The van der Waals surface area contributed by atoms with Crippen molar-refractivity contribution >= 4 is 22.8 Å². The summed E-state index contributed by atoms with van der Waals surface area (Å²) >= 11 is 0. The zero-order valence-corrected chi connectivity index (χ0v) is 13.2. The Balaban J connectivity index is 2.10. The molecule has 2 heterocycles. The number of hydrogen-bond donors (Lipinski definition) is 3. The fourth-order valence-electron chi connectivity index (χ4n) is 2.27. The summed E-state index contributed by atoms with van der Waals surface area (Å²) < 4.78 is 0. The lowest BCUT2D eigenvalue weighted by Crippen LogP contribution is -2.17. The van der Waals surface area contributed by atoms with Gasteiger partial charge in [-0.15, -0.1) is 0 Å². The molecule has 0 aliphatic heterocycles. The average molecular weight is 290 g/mol. The van der Waals surface area contributed by atoms with Crippen molar-refractivity contribution in [1.29, 1.82) is 0 Å². The summed E-state index contributed by atoms with van der Waals surface area (Å²) in [6.45, 7) is 7.41. The fraction of sp³-hybridized carbons (Fsp3) is 0.667. The summed E-state index contributed by atoms with van der Waals surface area (Å²) in [7, 11) is 0. The molecule has 0 spiro atoms. The summed E-state index contributed by atoms with van der Waals surface area (Å²) in [6, 6.07) is 0.392. The maximum atomic E-state index is 4.59. The van der Waals surface area contributed by atoms with Crippen LogP contribution in [0.4, 0.5) is 11.8 Å². The van der Waals surface area contributed by atoms with E-state index in [0.29, 0.717) is 12.0 Å². The second kappa shape index (κ2) is 7.81. The molecule has 116 valence electrons. The van der Waals surface area contributed by atoms with Crippen molar-refractivity contribution in [3.8, 4) is 0 Å². The molecule has 2 aromatic heterocycles. The third-order valence-electron chi connectivity index (χ3n) is 3.47. The third-order valence-corrected chi connectivity index (χ3v) is 3.47. The van der Waals surface area contributed by atoms with Gasteiger partial charge in [0.2, 0.25) is 5.95 Å². The molecule has 6 heteroatoms. The van der Waals surface area contributed by atoms with Gasteiger partial charge in [0.25, 0.3) is 0 Å². The lowest BCUT2D eigenvalue weighted by Gasteiger charge is -2.15. The first-order chi connectivity index (χ1) is 10.2. The monoisotopic (exact) mass is 290 g/mol. The van der Waals surface area contributed by atoms with E-state index in [1.165, 1.54) is 19.3 Å². The molecule has 0 bridgehead atoms. The number of nitrogens with zero attached hydrogens (tertiary/aromatic N) is 3. The molecule has 3 N–H and O–H groups in total. The van der Waals surface area contributed by atoms with Crippen LogP contribution in [0.5, 0.6) is 0 Å². The quantitative estimate of drug-likeness (QED) is 0.615. The van der Waals surface area contributed by atoms with E-state index in [1.54, 1.807) is 6.20 Å². The van der Waals surface area contributed by atoms with Gasteiger partial charge in [-0.2, -0.15) is 15.1 Å². The van der Waals surface area contributed by atoms with Crippen LogP contribution in [0, 0.1) is 0 Å². The van der Waals surface area contributed by atoms with Crippen LogP contribution in [0.1, 0.15) is 52.9 Å². The summed E-state index contributed by atoms with van der Waals surface area (Å²) in [4.78, 5) is 9.02. The standard InChI is InChI=1S/C15H26N6/c1-4-6-7-8-11(3)18-13-12-10-17-21-14(12)20-15(19-13)16-9-5-2/h10-11H,4-9H2,1-3H3,(H3,16,17,18,19,20,21). The van der Waals surface area contributed by atoms with Crippen molar-refractivity contribution in [3.05, 3.63) is 6.20 Å². The fourth-order valence-corrected chi connectivity index (χ4v) is 2.27. The molecular weight excluding hydrogens is 264 g/mol. The van der Waals surface area contributed by atoms with Crippen LogP contribution < -0.4 is 10.6 Å². The van der Waals surface area contributed by atoms with Gasteiger partial charge < -0.3 is 10.6 Å². The Morgan fingerprint density at radius 1 is 1.19 bits per heavy atom. The normalized spacial score (nSPS) is 12.5. The van der Waals surface area contributed by atoms with E-state index >= 15 is 0 Å². The highest BCUT2D eigenvalue weighted by Crippen LogP contribution is 2.21. The van der Waals surface area contributed by atoms with Crippen molar-refractivity contribution in [3.63, 3.8) is 0 Å². The first kappa shape index (κ1) is 15.5. The van der Waals surface area contributed by atoms with Crippen LogP contribution in [0.15, 0.2) is 6.20 Å². The maximum absolute atomic E-state index is 4.59. The van der Waals surface area contributed by atoms with Crippen LogP contribution in [-0.2, 0) is 0 Å². The van der Waals surface area contributed by atoms with Crippen molar-refractivity contribution in [1.82, 2.24) is 20.2 Å². The molecular formula is C15H26N6. The highest BCUT2D eigenvalue weighted by atomic mass is 15.2. The van der Waals surface area contributed by atoms with Gasteiger partial charge in [-0.1, -0.05) is 33.1 Å². The first-order valence-electron chi connectivity index (χ1n) is 7.96. The minimum Gasteiger partial charge on any atom is -0.367 e. The minimum absolute atomic E-state index is 0.392. The number of aromatic amines is 1. The van der Waals surface area contributed by atoms with E-state index in [2.05, 4.69) is 51.6 Å². The van der Waals surface area contributed by atoms with Crippen LogP contribution in [0.2, 0.25) is 0 Å². The molecule has 1 unspecified atom stereocenters. The van der Waals surface area contributed by atoms with E-state index in [1.807, 2.05) is 0 Å². The van der Waals surface area contributed by atoms with Crippen LogP contribution >= 0.6 is 0 Å². The molecule has 21 heavy (non-hydrogen) atoms. The Kier molecular flexibility index (Phi) is 5.78. The van der Waals surface area contributed by atoms with Crippen LogP contribution in [-0.4, -0.2) is 32.8 Å². The van der Waals surface area contributed by atoms with Gasteiger partial charge in [0.1, 0.15) is 5.82 Å². The summed E-state index contributed by atoms with van der Waals surface area (Å²) in [5.41, 5.74) is 0.770. The Morgan fingerprint density at radius 3 is 2.81 bits per heavy atom. The summed E-state index contributed by atoms with van der Waals surface area (Å²) in [5.74, 6) is 1.51. The van der Waals surface area contributed by atoms with Gasteiger partial charge in [-0.3, -0.25) is 5.10 Å². The van der Waals surface area contributed by atoms with E-state index in [-0.39, 0.29) is 0 Å². The number of anilines is 2. The Hall–Kier alpha value is -1.85. The highest BCUT2D eigenvalue weighted by Gasteiger charge is 2.11. The Morgan fingerprint density at radius 2 is 2.05 bits per heavy atom. The number of H-pyrrole nitrogens is 1. The lowest BCUT2D eigenvalue weighted by molar-refractivity contribution is 0.614. The Labute approximate surface area is 126 Å². The average Bonchev–Trinajstić information content (AvgIpc) is 2.94. The van der Waals surface area contributed by atoms with Crippen molar-refractivity contribution in [2.45, 2.75) is 58.9 Å². The topological polar surface area (TPSA) is 78.5 Å². The largest absolute Gasteiger partial charge is 0.367 e. The van der Waals surface area contributed by atoms with Crippen LogP contribution in [0.25, 0.3) is 11.0 Å². The second-order valence-electron chi connectivity index (χ2n) is 5.50. The van der Waals surface area contributed by atoms with Gasteiger partial charge >= 0.3 is 0 Å². The molecule has 0 aromatic carbocycles. The molecule has 0 radical (unpaired) electrons. The predicted molar refractivity (Wildman–Crippen MR) is 87.7 cm³/mol. The molecule has 0 aliphatic carbocycles. The highest BCUT2D eigenvalue weighted by molar-refractivity contribution is 5.87. The van der Waals surface area contributed by atoms with Crippen molar-refractivity contribution < 1.29 is 0 Å². The molecule has 1 atom stereocenters. The molecule has 0 amide bonds. The van der Waals surface area contributed by atoms with E-state index in [0.717, 1.165) is 36.2 Å².